The van der Waals surface area contributed by atoms with Crippen molar-refractivity contribution in [2.45, 2.75) is 6.92 Å². The highest BCUT2D eigenvalue weighted by Crippen LogP contribution is 2.24. The van der Waals surface area contributed by atoms with Crippen molar-refractivity contribution in [3.63, 3.8) is 0 Å². The molecule has 0 aliphatic carbocycles. The largest absolute Gasteiger partial charge is 0.463 e. The zero-order valence-electron chi connectivity index (χ0n) is 10.2. The predicted octanol–water partition coefficient (Wildman–Crippen LogP) is 2.75. The number of nitrogens with zero attached hydrogens (tertiary/aromatic N) is 1. The number of hydrogen-bond acceptors (Lipinski definition) is 3. The van der Waals surface area contributed by atoms with Crippen LogP contribution < -0.4 is 0 Å². The lowest BCUT2D eigenvalue weighted by Gasteiger charge is -1.96. The first-order valence-electron chi connectivity index (χ1n) is 5.71. The van der Waals surface area contributed by atoms with Crippen molar-refractivity contribution in [1.82, 2.24) is 4.98 Å². The number of aromatic nitrogens is 1. The van der Waals surface area contributed by atoms with E-state index in [1.807, 2.05) is 6.07 Å². The van der Waals surface area contributed by atoms with Gasteiger partial charge in [-0.2, -0.15) is 5.26 Å². The highest BCUT2D eigenvalue weighted by atomic mass is 19.1. The van der Waals surface area contributed by atoms with Gasteiger partial charge in [-0.3, -0.25) is 0 Å². The summed E-state index contributed by atoms with van der Waals surface area (Å²) in [6.45, 7) is 2.01. The Bertz CT molecular complexity index is 695. The summed E-state index contributed by atoms with van der Waals surface area (Å²) in [5.74, 6) is -0.955. The first-order chi connectivity index (χ1) is 9.15. The van der Waals surface area contributed by atoms with Gasteiger partial charge < -0.3 is 9.72 Å². The molecule has 1 aromatic carbocycles. The number of carbonyl (C=O) groups excluding carboxylic acids is 1. The van der Waals surface area contributed by atoms with E-state index in [4.69, 9.17) is 10.00 Å². The molecule has 0 fully saturated rings. The number of benzene rings is 1. The minimum absolute atomic E-state index is 0.228. The number of halogens is 1. The molecule has 0 spiro atoms. The van der Waals surface area contributed by atoms with Crippen molar-refractivity contribution in [2.24, 2.45) is 0 Å². The van der Waals surface area contributed by atoms with Crippen LogP contribution in [0.3, 0.4) is 0 Å². The normalized spacial score (nSPS) is 10.8. The van der Waals surface area contributed by atoms with Gasteiger partial charge in [-0.1, -0.05) is 0 Å². The monoisotopic (exact) mass is 258 g/mol. The molecule has 0 saturated carbocycles. The molecule has 0 aliphatic heterocycles. The van der Waals surface area contributed by atoms with Crippen LogP contribution in [0, 0.1) is 17.1 Å². The van der Waals surface area contributed by atoms with Crippen molar-refractivity contribution in [2.75, 3.05) is 6.61 Å². The maximum atomic E-state index is 13.4. The molecule has 1 N–H and O–H groups in total. The fourth-order valence-corrected chi connectivity index (χ4v) is 1.79. The zero-order valence-corrected chi connectivity index (χ0v) is 10.2. The van der Waals surface area contributed by atoms with Gasteiger partial charge >= 0.3 is 5.97 Å². The van der Waals surface area contributed by atoms with E-state index < -0.39 is 11.8 Å². The Kier molecular flexibility index (Phi) is 3.62. The summed E-state index contributed by atoms with van der Waals surface area (Å²) in [6.07, 6.45) is 4.40. The second-order valence-corrected chi connectivity index (χ2v) is 3.82. The van der Waals surface area contributed by atoms with E-state index in [1.165, 1.54) is 18.2 Å². The maximum Gasteiger partial charge on any atom is 0.330 e. The number of ether oxygens (including phenoxy) is 1. The van der Waals surface area contributed by atoms with E-state index in [0.717, 1.165) is 6.07 Å². The highest BCUT2D eigenvalue weighted by Gasteiger charge is 2.08. The van der Waals surface area contributed by atoms with Crippen LogP contribution in [0.15, 0.2) is 24.4 Å². The quantitative estimate of drug-likeness (QED) is 0.680. The molecule has 96 valence electrons. The lowest BCUT2D eigenvalue weighted by Crippen LogP contribution is -1.98. The summed E-state index contributed by atoms with van der Waals surface area (Å²) >= 11 is 0. The Morgan fingerprint density at radius 1 is 1.58 bits per heavy atom. The standard InChI is InChI=1S/C14H11FN2O2/c1-2-19-13(18)4-3-9-8-17-14-10(7-16)5-11(15)6-12(9)14/h3-6,8,17H,2H2,1H3. The fraction of sp³-hybridized carbons (Fsp3) is 0.143. The predicted molar refractivity (Wildman–Crippen MR) is 68.6 cm³/mol. The van der Waals surface area contributed by atoms with Crippen LogP contribution in [0.2, 0.25) is 0 Å². The van der Waals surface area contributed by atoms with Crippen LogP contribution in [0.1, 0.15) is 18.1 Å². The van der Waals surface area contributed by atoms with Crippen LogP contribution in [-0.2, 0) is 9.53 Å². The van der Waals surface area contributed by atoms with Crippen LogP contribution in [0.4, 0.5) is 4.39 Å². The van der Waals surface area contributed by atoms with E-state index in [1.54, 1.807) is 13.1 Å². The summed E-state index contributed by atoms with van der Waals surface area (Å²) in [7, 11) is 0. The second-order valence-electron chi connectivity index (χ2n) is 3.82. The van der Waals surface area contributed by atoms with Gasteiger partial charge in [-0.25, -0.2) is 9.18 Å². The van der Waals surface area contributed by atoms with Crippen molar-refractivity contribution in [3.8, 4) is 6.07 Å². The number of nitriles is 1. The molecule has 0 atom stereocenters. The van der Waals surface area contributed by atoms with Crippen molar-refractivity contribution in [1.29, 1.82) is 5.26 Å². The molecule has 0 amide bonds. The lowest BCUT2D eigenvalue weighted by atomic mass is 10.1. The highest BCUT2D eigenvalue weighted by molar-refractivity contribution is 5.96. The second kappa shape index (κ2) is 5.36. The van der Waals surface area contributed by atoms with Crippen LogP contribution >= 0.6 is 0 Å². The van der Waals surface area contributed by atoms with Gasteiger partial charge in [0.25, 0.3) is 0 Å². The van der Waals surface area contributed by atoms with Crippen LogP contribution in [0.5, 0.6) is 0 Å². The first-order valence-corrected chi connectivity index (χ1v) is 5.71. The summed E-state index contributed by atoms with van der Waals surface area (Å²) in [4.78, 5) is 14.1. The Morgan fingerprint density at radius 3 is 3.05 bits per heavy atom. The molecular formula is C14H11FN2O2. The summed E-state index contributed by atoms with van der Waals surface area (Å²) in [5.41, 5.74) is 1.40. The molecule has 1 heterocycles. The number of fused-ring (bicyclic) bond motifs is 1. The van der Waals surface area contributed by atoms with Gasteiger partial charge in [-0.05, 0) is 25.1 Å². The number of H-pyrrole nitrogens is 1. The minimum atomic E-state index is -0.491. The third-order valence-electron chi connectivity index (χ3n) is 2.59. The third kappa shape index (κ3) is 2.63. The van der Waals surface area contributed by atoms with Crippen LogP contribution in [0.25, 0.3) is 17.0 Å². The van der Waals surface area contributed by atoms with Gasteiger partial charge in [0, 0.05) is 23.2 Å². The van der Waals surface area contributed by atoms with Gasteiger partial charge in [0.05, 0.1) is 17.7 Å². The van der Waals surface area contributed by atoms with Gasteiger partial charge in [-0.15, -0.1) is 0 Å². The molecule has 0 unspecified atom stereocenters. The van der Waals surface area contributed by atoms with Crippen molar-refractivity contribution in [3.05, 3.63) is 41.3 Å². The molecular weight excluding hydrogens is 247 g/mol. The molecule has 0 bridgehead atoms. The van der Waals surface area contributed by atoms with E-state index in [2.05, 4.69) is 4.98 Å². The maximum absolute atomic E-state index is 13.4. The number of carbonyl (C=O) groups is 1. The van der Waals surface area contributed by atoms with Gasteiger partial charge in [0.1, 0.15) is 11.9 Å². The molecule has 2 rings (SSSR count). The zero-order chi connectivity index (χ0) is 13.8. The number of hydrogen-bond donors (Lipinski definition) is 1. The Morgan fingerprint density at radius 2 is 2.37 bits per heavy atom. The van der Waals surface area contributed by atoms with E-state index in [0.29, 0.717) is 23.1 Å². The average molecular weight is 258 g/mol. The number of esters is 1. The fourth-order valence-electron chi connectivity index (χ4n) is 1.79. The molecule has 2 aromatic rings. The summed E-state index contributed by atoms with van der Waals surface area (Å²) < 4.78 is 18.1. The first kappa shape index (κ1) is 12.8. The van der Waals surface area contributed by atoms with Crippen molar-refractivity contribution >= 4 is 22.9 Å². The number of nitrogens with one attached hydrogen (secondary N) is 1. The van der Waals surface area contributed by atoms with Crippen LogP contribution in [-0.4, -0.2) is 17.6 Å². The molecule has 5 heteroatoms. The summed E-state index contributed by atoms with van der Waals surface area (Å²) in [5, 5.41) is 9.48. The molecule has 0 radical (unpaired) electrons. The number of aromatic amines is 1. The van der Waals surface area contributed by atoms with Crippen molar-refractivity contribution < 1.29 is 13.9 Å². The topological polar surface area (TPSA) is 65.9 Å². The smallest absolute Gasteiger partial charge is 0.330 e. The summed E-state index contributed by atoms with van der Waals surface area (Å²) in [6, 6.07) is 4.40. The molecule has 0 saturated heterocycles. The molecule has 19 heavy (non-hydrogen) atoms. The average Bonchev–Trinajstić information content (AvgIpc) is 2.78. The Labute approximate surface area is 109 Å². The molecule has 1 aromatic heterocycles. The van der Waals surface area contributed by atoms with E-state index in [9.17, 15) is 9.18 Å². The van der Waals surface area contributed by atoms with E-state index >= 15 is 0 Å². The number of rotatable bonds is 3. The minimum Gasteiger partial charge on any atom is -0.463 e. The SMILES string of the molecule is CCOC(=O)C=Cc1c[nH]c2c(C#N)cc(F)cc12. The Balaban J connectivity index is 2.44. The third-order valence-corrected chi connectivity index (χ3v) is 2.59. The molecule has 0 aliphatic rings. The van der Waals surface area contributed by atoms with Gasteiger partial charge in [0.2, 0.25) is 0 Å². The van der Waals surface area contributed by atoms with E-state index in [-0.39, 0.29) is 5.56 Å². The van der Waals surface area contributed by atoms with Gasteiger partial charge in [0.15, 0.2) is 0 Å². The Hall–Kier alpha value is -2.61. The lowest BCUT2D eigenvalue weighted by molar-refractivity contribution is -0.137. The molecule has 4 nitrogen and oxygen atoms in total.